The fraction of sp³-hybridized carbons (Fsp3) is 0.500. The van der Waals surface area contributed by atoms with Gasteiger partial charge in [-0.1, -0.05) is 32.4 Å². The zero-order valence-corrected chi connectivity index (χ0v) is 8.67. The van der Waals surface area contributed by atoms with Gasteiger partial charge in [-0.15, -0.1) is 0 Å². The van der Waals surface area contributed by atoms with Crippen LogP contribution in [0.2, 0.25) is 0 Å². The fourth-order valence-electron chi connectivity index (χ4n) is 1.33. The van der Waals surface area contributed by atoms with Gasteiger partial charge in [0.15, 0.2) is 0 Å². The second-order valence-electron chi connectivity index (χ2n) is 3.84. The van der Waals surface area contributed by atoms with Gasteiger partial charge in [0.05, 0.1) is 0 Å². The highest BCUT2D eigenvalue weighted by molar-refractivity contribution is 5.35. The quantitative estimate of drug-likeness (QED) is 0.753. The molecular formula is C12H18O. The van der Waals surface area contributed by atoms with Crippen LogP contribution in [0.5, 0.6) is 5.75 Å². The summed E-state index contributed by atoms with van der Waals surface area (Å²) < 4.78 is 0. The van der Waals surface area contributed by atoms with Crippen molar-refractivity contribution in [3.05, 3.63) is 29.3 Å². The lowest BCUT2D eigenvalue weighted by molar-refractivity contribution is 0.469. The maximum Gasteiger partial charge on any atom is 0.118 e. The molecule has 0 aliphatic heterocycles. The molecule has 0 heterocycles. The molecule has 0 bridgehead atoms. The molecule has 0 radical (unpaired) electrons. The predicted octanol–water partition coefficient (Wildman–Crippen LogP) is 3.29. The Morgan fingerprint density at radius 1 is 1.38 bits per heavy atom. The van der Waals surface area contributed by atoms with Crippen LogP contribution in [0.15, 0.2) is 18.2 Å². The van der Waals surface area contributed by atoms with Crippen molar-refractivity contribution in [2.24, 2.45) is 5.92 Å². The van der Waals surface area contributed by atoms with Gasteiger partial charge in [0.1, 0.15) is 5.75 Å². The van der Waals surface area contributed by atoms with E-state index in [9.17, 15) is 5.11 Å². The molecule has 13 heavy (non-hydrogen) atoms. The zero-order chi connectivity index (χ0) is 9.84. The number of aryl methyl sites for hydroxylation is 1. The lowest BCUT2D eigenvalue weighted by Gasteiger charge is -2.09. The van der Waals surface area contributed by atoms with E-state index in [4.69, 9.17) is 0 Å². The maximum atomic E-state index is 9.49. The molecule has 0 saturated heterocycles. The molecule has 1 N–H and O–H groups in total. The minimum Gasteiger partial charge on any atom is -0.508 e. The average Bonchev–Trinajstić information content (AvgIpc) is 2.11. The molecule has 0 aliphatic carbocycles. The van der Waals surface area contributed by atoms with Crippen molar-refractivity contribution in [3.8, 4) is 5.75 Å². The first kappa shape index (κ1) is 10.1. The number of phenols is 1. The van der Waals surface area contributed by atoms with E-state index in [1.807, 2.05) is 19.1 Å². The molecule has 72 valence electrons. The van der Waals surface area contributed by atoms with Gasteiger partial charge in [-0.3, -0.25) is 0 Å². The van der Waals surface area contributed by atoms with Crippen molar-refractivity contribution in [2.75, 3.05) is 0 Å². The molecule has 0 fully saturated rings. The van der Waals surface area contributed by atoms with E-state index in [1.54, 1.807) is 0 Å². The molecule has 1 aromatic carbocycles. The van der Waals surface area contributed by atoms with Gasteiger partial charge in [0.2, 0.25) is 0 Å². The third-order valence-electron chi connectivity index (χ3n) is 2.55. The average molecular weight is 178 g/mol. The van der Waals surface area contributed by atoms with E-state index in [1.165, 1.54) is 12.0 Å². The number of benzene rings is 1. The molecular weight excluding hydrogens is 160 g/mol. The predicted molar refractivity (Wildman–Crippen MR) is 56.0 cm³/mol. The van der Waals surface area contributed by atoms with E-state index in [-0.39, 0.29) is 0 Å². The fourth-order valence-corrected chi connectivity index (χ4v) is 1.33. The van der Waals surface area contributed by atoms with Crippen molar-refractivity contribution in [2.45, 2.75) is 33.6 Å². The molecule has 0 saturated carbocycles. The van der Waals surface area contributed by atoms with Crippen LogP contribution in [0.4, 0.5) is 0 Å². The number of phenolic OH excluding ortho intramolecular Hbond substituents is 1. The minimum atomic E-state index is 0.417. The SMILES string of the molecule is CCC(C)Cc1ccc(C)c(O)c1. The molecule has 1 unspecified atom stereocenters. The van der Waals surface area contributed by atoms with Crippen LogP contribution in [0, 0.1) is 12.8 Å². The third kappa shape index (κ3) is 2.76. The Labute approximate surface area is 80.4 Å². The van der Waals surface area contributed by atoms with Crippen molar-refractivity contribution < 1.29 is 5.11 Å². The number of hydrogen-bond acceptors (Lipinski definition) is 1. The van der Waals surface area contributed by atoms with Gasteiger partial charge in [0, 0.05) is 0 Å². The van der Waals surface area contributed by atoms with Crippen molar-refractivity contribution in [1.29, 1.82) is 0 Å². The minimum absolute atomic E-state index is 0.417. The first-order chi connectivity index (χ1) is 6.13. The number of aromatic hydroxyl groups is 1. The molecule has 1 rings (SSSR count). The highest BCUT2D eigenvalue weighted by Gasteiger charge is 2.02. The summed E-state index contributed by atoms with van der Waals surface area (Å²) in [6.07, 6.45) is 2.25. The lowest BCUT2D eigenvalue weighted by atomic mass is 9.98. The van der Waals surface area contributed by atoms with Gasteiger partial charge in [-0.25, -0.2) is 0 Å². The van der Waals surface area contributed by atoms with E-state index < -0.39 is 0 Å². The molecule has 1 nitrogen and oxygen atoms in total. The Morgan fingerprint density at radius 3 is 2.62 bits per heavy atom. The molecule has 1 heteroatoms. The number of rotatable bonds is 3. The first-order valence-corrected chi connectivity index (χ1v) is 4.92. The second-order valence-corrected chi connectivity index (χ2v) is 3.84. The van der Waals surface area contributed by atoms with Crippen molar-refractivity contribution in [3.63, 3.8) is 0 Å². The largest absolute Gasteiger partial charge is 0.508 e. The highest BCUT2D eigenvalue weighted by atomic mass is 16.3. The van der Waals surface area contributed by atoms with Crippen molar-refractivity contribution >= 4 is 0 Å². The lowest BCUT2D eigenvalue weighted by Crippen LogP contribution is -1.97. The van der Waals surface area contributed by atoms with E-state index in [0.29, 0.717) is 11.7 Å². The summed E-state index contributed by atoms with van der Waals surface area (Å²) in [5.74, 6) is 1.11. The van der Waals surface area contributed by atoms with E-state index in [0.717, 1.165) is 12.0 Å². The van der Waals surface area contributed by atoms with Crippen LogP contribution in [-0.4, -0.2) is 5.11 Å². The Balaban J connectivity index is 2.73. The molecule has 0 aromatic heterocycles. The normalized spacial score (nSPS) is 12.8. The molecule has 1 aromatic rings. The van der Waals surface area contributed by atoms with Crippen LogP contribution in [0.3, 0.4) is 0 Å². The molecule has 1 atom stereocenters. The standard InChI is InChI=1S/C12H18O/c1-4-9(2)7-11-6-5-10(3)12(13)8-11/h5-6,8-9,13H,4,7H2,1-3H3. The summed E-state index contributed by atoms with van der Waals surface area (Å²) in [6, 6.07) is 5.95. The van der Waals surface area contributed by atoms with Crippen LogP contribution >= 0.6 is 0 Å². The topological polar surface area (TPSA) is 20.2 Å². The van der Waals surface area contributed by atoms with Gasteiger partial charge in [-0.05, 0) is 36.5 Å². The molecule has 0 amide bonds. The van der Waals surface area contributed by atoms with Gasteiger partial charge < -0.3 is 5.11 Å². The monoisotopic (exact) mass is 178 g/mol. The number of hydrogen-bond donors (Lipinski definition) is 1. The van der Waals surface area contributed by atoms with Gasteiger partial charge in [0.25, 0.3) is 0 Å². The summed E-state index contributed by atoms with van der Waals surface area (Å²) in [6.45, 7) is 6.35. The Bertz CT molecular complexity index is 278. The molecule has 0 aliphatic rings. The first-order valence-electron chi connectivity index (χ1n) is 4.92. The summed E-state index contributed by atoms with van der Waals surface area (Å²) in [5.41, 5.74) is 2.19. The van der Waals surface area contributed by atoms with Crippen LogP contribution in [0.1, 0.15) is 31.4 Å². The summed E-state index contributed by atoms with van der Waals surface area (Å²) in [7, 11) is 0. The Hall–Kier alpha value is -0.980. The van der Waals surface area contributed by atoms with E-state index >= 15 is 0 Å². The van der Waals surface area contributed by atoms with Crippen molar-refractivity contribution in [1.82, 2.24) is 0 Å². The second kappa shape index (κ2) is 4.31. The van der Waals surface area contributed by atoms with Gasteiger partial charge in [-0.2, -0.15) is 0 Å². The Morgan fingerprint density at radius 2 is 2.08 bits per heavy atom. The highest BCUT2D eigenvalue weighted by Crippen LogP contribution is 2.20. The smallest absolute Gasteiger partial charge is 0.118 e. The zero-order valence-electron chi connectivity index (χ0n) is 8.67. The summed E-state index contributed by atoms with van der Waals surface area (Å²) in [5, 5.41) is 9.49. The maximum absolute atomic E-state index is 9.49. The van der Waals surface area contributed by atoms with Crippen LogP contribution < -0.4 is 0 Å². The molecule has 0 spiro atoms. The van der Waals surface area contributed by atoms with Crippen LogP contribution in [-0.2, 0) is 6.42 Å². The third-order valence-corrected chi connectivity index (χ3v) is 2.55. The van der Waals surface area contributed by atoms with Crippen LogP contribution in [0.25, 0.3) is 0 Å². The summed E-state index contributed by atoms with van der Waals surface area (Å²) >= 11 is 0. The Kier molecular flexibility index (Phi) is 3.35. The van der Waals surface area contributed by atoms with Gasteiger partial charge >= 0.3 is 0 Å². The van der Waals surface area contributed by atoms with E-state index in [2.05, 4.69) is 19.9 Å². The summed E-state index contributed by atoms with van der Waals surface area (Å²) in [4.78, 5) is 0.